The largest absolute Gasteiger partial charge is 0.358 e. The molecule has 0 radical (unpaired) electrons. The molecule has 7 heteroatoms. The number of carbonyl (C=O) groups is 1. The van der Waals surface area contributed by atoms with Gasteiger partial charge < -0.3 is 9.88 Å². The number of rotatable bonds is 6. The molecule has 1 aliphatic rings. The zero-order chi connectivity index (χ0) is 18.6. The van der Waals surface area contributed by atoms with Crippen LogP contribution < -0.4 is 4.72 Å². The molecule has 1 aromatic carbocycles. The van der Waals surface area contributed by atoms with Gasteiger partial charge >= 0.3 is 0 Å². The lowest BCUT2D eigenvalue weighted by Crippen LogP contribution is -2.46. The molecular formula is C19H25N3O3S. The number of hydrogen-bond acceptors (Lipinski definition) is 3. The van der Waals surface area contributed by atoms with Crippen molar-refractivity contribution >= 4 is 15.9 Å². The molecule has 2 aromatic rings. The summed E-state index contributed by atoms with van der Waals surface area (Å²) in [6.07, 6.45) is 3.63. The third-order valence-electron chi connectivity index (χ3n) is 4.67. The fraction of sp³-hybridized carbons (Fsp3) is 0.421. The first kappa shape index (κ1) is 18.7. The maximum atomic E-state index is 12.4. The number of carbonyl (C=O) groups excluding carboxylic acids is 1. The minimum atomic E-state index is -3.19. The average Bonchev–Trinajstić information content (AvgIpc) is 3.09. The van der Waals surface area contributed by atoms with Crippen molar-refractivity contribution in [1.29, 1.82) is 0 Å². The van der Waals surface area contributed by atoms with Gasteiger partial charge in [0.25, 0.3) is 0 Å². The summed E-state index contributed by atoms with van der Waals surface area (Å²) in [7, 11) is -3.19. The number of nitrogens with zero attached hydrogens (tertiary/aromatic N) is 1. The number of hydrogen-bond donors (Lipinski definition) is 2. The van der Waals surface area contributed by atoms with E-state index in [1.165, 1.54) is 6.26 Å². The van der Waals surface area contributed by atoms with Crippen molar-refractivity contribution in [3.63, 3.8) is 0 Å². The van der Waals surface area contributed by atoms with Crippen LogP contribution >= 0.6 is 0 Å². The summed E-state index contributed by atoms with van der Waals surface area (Å²) in [4.78, 5) is 17.6. The quantitative estimate of drug-likeness (QED) is 0.812. The van der Waals surface area contributed by atoms with Crippen molar-refractivity contribution < 1.29 is 13.2 Å². The number of H-pyrrole nitrogens is 1. The highest BCUT2D eigenvalue weighted by molar-refractivity contribution is 7.88. The van der Waals surface area contributed by atoms with Crippen LogP contribution in [-0.2, 0) is 21.2 Å². The van der Waals surface area contributed by atoms with Crippen LogP contribution in [0.1, 0.15) is 25.0 Å². The molecule has 1 amide bonds. The predicted octanol–water partition coefficient (Wildman–Crippen LogP) is 2.15. The van der Waals surface area contributed by atoms with Gasteiger partial charge in [-0.3, -0.25) is 4.79 Å². The Morgan fingerprint density at radius 1 is 1.15 bits per heavy atom. The van der Waals surface area contributed by atoms with Gasteiger partial charge in [0.2, 0.25) is 15.9 Å². The Morgan fingerprint density at radius 3 is 2.50 bits per heavy atom. The van der Waals surface area contributed by atoms with Crippen LogP contribution in [0, 0.1) is 0 Å². The Kier molecular flexibility index (Phi) is 5.78. The van der Waals surface area contributed by atoms with Crippen molar-refractivity contribution in [3.8, 4) is 11.3 Å². The molecule has 0 spiro atoms. The summed E-state index contributed by atoms with van der Waals surface area (Å²) in [6, 6.07) is 14.1. The van der Waals surface area contributed by atoms with Gasteiger partial charge in [0.15, 0.2) is 0 Å². The number of piperidine rings is 1. The molecule has 26 heavy (non-hydrogen) atoms. The topological polar surface area (TPSA) is 82.3 Å². The lowest BCUT2D eigenvalue weighted by atomic mass is 10.1. The summed E-state index contributed by atoms with van der Waals surface area (Å²) >= 11 is 0. The monoisotopic (exact) mass is 375 g/mol. The molecule has 140 valence electrons. The number of nitrogens with one attached hydrogen (secondary N) is 2. The fourth-order valence-corrected chi connectivity index (χ4v) is 4.16. The molecule has 1 aliphatic heterocycles. The first-order valence-electron chi connectivity index (χ1n) is 8.89. The van der Waals surface area contributed by atoms with E-state index in [1.54, 1.807) is 0 Å². The maximum Gasteiger partial charge on any atom is 0.222 e. The second kappa shape index (κ2) is 8.05. The van der Waals surface area contributed by atoms with Crippen molar-refractivity contribution in [3.05, 3.63) is 48.2 Å². The normalized spacial score (nSPS) is 16.0. The van der Waals surface area contributed by atoms with Crippen LogP contribution in [0.4, 0.5) is 0 Å². The Hall–Kier alpha value is -2.12. The smallest absolute Gasteiger partial charge is 0.222 e. The van der Waals surface area contributed by atoms with Crippen LogP contribution in [0.2, 0.25) is 0 Å². The van der Waals surface area contributed by atoms with Gasteiger partial charge in [-0.25, -0.2) is 13.1 Å². The summed E-state index contributed by atoms with van der Waals surface area (Å²) in [5, 5.41) is 0. The molecule has 2 N–H and O–H groups in total. The van der Waals surface area contributed by atoms with Gasteiger partial charge in [-0.1, -0.05) is 30.3 Å². The molecule has 0 saturated carbocycles. The summed E-state index contributed by atoms with van der Waals surface area (Å²) in [6.45, 7) is 1.21. The van der Waals surface area contributed by atoms with Gasteiger partial charge in [-0.05, 0) is 37.0 Å². The SMILES string of the molecule is CS(=O)(=O)NC1CCN(C(=O)CCc2ccc(-c3ccccc3)[nH]2)CC1. The molecule has 0 bridgehead atoms. The molecule has 1 saturated heterocycles. The molecule has 6 nitrogen and oxygen atoms in total. The van der Waals surface area contributed by atoms with Crippen molar-refractivity contribution in [2.24, 2.45) is 0 Å². The van der Waals surface area contributed by atoms with Gasteiger partial charge in [-0.15, -0.1) is 0 Å². The summed E-state index contributed by atoms with van der Waals surface area (Å²) < 4.78 is 25.2. The van der Waals surface area contributed by atoms with Crippen LogP contribution in [0.3, 0.4) is 0 Å². The maximum absolute atomic E-state index is 12.4. The number of amides is 1. The van der Waals surface area contributed by atoms with Crippen LogP contribution in [-0.4, -0.2) is 49.6 Å². The minimum Gasteiger partial charge on any atom is -0.358 e. The van der Waals surface area contributed by atoms with E-state index in [-0.39, 0.29) is 11.9 Å². The van der Waals surface area contributed by atoms with E-state index in [0.717, 1.165) is 17.0 Å². The van der Waals surface area contributed by atoms with Gasteiger partial charge in [0, 0.05) is 36.9 Å². The minimum absolute atomic E-state index is 0.0640. The number of likely N-dealkylation sites (tertiary alicyclic amines) is 1. The highest BCUT2D eigenvalue weighted by atomic mass is 32.2. The van der Waals surface area contributed by atoms with Gasteiger partial charge in [0.1, 0.15) is 0 Å². The van der Waals surface area contributed by atoms with E-state index in [1.807, 2.05) is 35.2 Å². The van der Waals surface area contributed by atoms with Crippen molar-refractivity contribution in [1.82, 2.24) is 14.6 Å². The Bertz CT molecular complexity index is 838. The Labute approximate surface area is 154 Å². The fourth-order valence-electron chi connectivity index (χ4n) is 3.32. The number of benzene rings is 1. The van der Waals surface area contributed by atoms with E-state index < -0.39 is 10.0 Å². The number of sulfonamides is 1. The van der Waals surface area contributed by atoms with Crippen LogP contribution in [0.25, 0.3) is 11.3 Å². The highest BCUT2D eigenvalue weighted by Crippen LogP contribution is 2.19. The van der Waals surface area contributed by atoms with E-state index in [9.17, 15) is 13.2 Å². The molecule has 0 atom stereocenters. The Morgan fingerprint density at radius 2 is 1.85 bits per heavy atom. The lowest BCUT2D eigenvalue weighted by molar-refractivity contribution is -0.132. The van der Waals surface area contributed by atoms with Crippen LogP contribution in [0.5, 0.6) is 0 Å². The standard InChI is InChI=1S/C19H25N3O3S/c1-26(24,25)21-17-11-13-22(14-12-17)19(23)10-8-16-7-9-18(20-16)15-5-3-2-4-6-15/h2-7,9,17,20-21H,8,10-14H2,1H3. The van der Waals surface area contributed by atoms with E-state index >= 15 is 0 Å². The molecule has 1 aromatic heterocycles. The number of aryl methyl sites for hydroxylation is 1. The molecule has 0 unspecified atom stereocenters. The average molecular weight is 375 g/mol. The first-order chi connectivity index (χ1) is 12.4. The first-order valence-corrected chi connectivity index (χ1v) is 10.8. The zero-order valence-corrected chi connectivity index (χ0v) is 15.8. The second-order valence-electron chi connectivity index (χ2n) is 6.81. The Balaban J connectivity index is 1.47. The third kappa shape index (κ3) is 5.19. The third-order valence-corrected chi connectivity index (χ3v) is 5.43. The molecule has 2 heterocycles. The molecular weight excluding hydrogens is 350 g/mol. The molecule has 1 fully saturated rings. The predicted molar refractivity (Wildman–Crippen MR) is 102 cm³/mol. The van der Waals surface area contributed by atoms with E-state index in [4.69, 9.17) is 0 Å². The van der Waals surface area contributed by atoms with Crippen LogP contribution in [0.15, 0.2) is 42.5 Å². The molecule has 0 aliphatic carbocycles. The molecule has 3 rings (SSSR count). The highest BCUT2D eigenvalue weighted by Gasteiger charge is 2.24. The van der Waals surface area contributed by atoms with Crippen molar-refractivity contribution in [2.75, 3.05) is 19.3 Å². The van der Waals surface area contributed by atoms with E-state index in [0.29, 0.717) is 38.8 Å². The lowest BCUT2D eigenvalue weighted by Gasteiger charge is -2.32. The summed E-state index contributed by atoms with van der Waals surface area (Å²) in [5.74, 6) is 0.124. The van der Waals surface area contributed by atoms with E-state index in [2.05, 4.69) is 21.8 Å². The number of aromatic amines is 1. The van der Waals surface area contributed by atoms with Gasteiger partial charge in [0.05, 0.1) is 6.26 Å². The zero-order valence-electron chi connectivity index (χ0n) is 14.9. The van der Waals surface area contributed by atoms with Crippen molar-refractivity contribution in [2.45, 2.75) is 31.7 Å². The number of aromatic nitrogens is 1. The second-order valence-corrected chi connectivity index (χ2v) is 8.59. The van der Waals surface area contributed by atoms with Gasteiger partial charge in [-0.2, -0.15) is 0 Å². The summed E-state index contributed by atoms with van der Waals surface area (Å²) in [5.41, 5.74) is 3.23.